The van der Waals surface area contributed by atoms with Crippen molar-refractivity contribution < 1.29 is 9.90 Å². The maximum atomic E-state index is 12.4. The van der Waals surface area contributed by atoms with Gasteiger partial charge in [0.2, 0.25) is 0 Å². The van der Waals surface area contributed by atoms with Crippen molar-refractivity contribution in [3.8, 4) is 0 Å². The first kappa shape index (κ1) is 12.5. The number of aliphatic hydroxyl groups excluding tert-OH is 1. The molecule has 1 aliphatic rings. The molecule has 1 fully saturated rings. The van der Waals surface area contributed by atoms with E-state index in [1.54, 1.807) is 12.4 Å². The van der Waals surface area contributed by atoms with Crippen LogP contribution in [0.25, 0.3) is 0 Å². The lowest BCUT2D eigenvalue weighted by atomic mass is 9.98. The van der Waals surface area contributed by atoms with Crippen LogP contribution in [-0.4, -0.2) is 39.6 Å². The molecule has 0 bridgehead atoms. The van der Waals surface area contributed by atoms with Gasteiger partial charge in [0, 0.05) is 6.54 Å². The second-order valence-electron chi connectivity index (χ2n) is 4.57. The Bertz CT molecular complexity index is 403. The number of aryl methyl sites for hydroxylation is 1. The molecule has 2 heterocycles. The molecule has 2 rings (SSSR count). The van der Waals surface area contributed by atoms with Crippen LogP contribution in [0.4, 0.5) is 0 Å². The van der Waals surface area contributed by atoms with Crippen LogP contribution in [0.1, 0.15) is 41.6 Å². The van der Waals surface area contributed by atoms with Crippen molar-refractivity contribution in [2.45, 2.75) is 45.3 Å². The monoisotopic (exact) mass is 254 g/mol. The second kappa shape index (κ2) is 5.14. The number of amides is 1. The minimum atomic E-state index is -0.465. The molecular weight excluding hydrogens is 236 g/mol. The Balaban J connectivity index is 2.20. The van der Waals surface area contributed by atoms with Gasteiger partial charge in [-0.3, -0.25) is 4.79 Å². The van der Waals surface area contributed by atoms with E-state index in [4.69, 9.17) is 0 Å². The number of aliphatic hydroxyl groups is 1. The summed E-state index contributed by atoms with van der Waals surface area (Å²) >= 11 is 1.38. The number of hydrogen-bond acceptors (Lipinski definition) is 4. The van der Waals surface area contributed by atoms with Crippen LogP contribution in [0.15, 0.2) is 5.51 Å². The maximum Gasteiger partial charge on any atom is 0.266 e. The maximum absolute atomic E-state index is 12.4. The van der Waals surface area contributed by atoms with Crippen LogP contribution in [0.5, 0.6) is 0 Å². The molecule has 4 nitrogen and oxygen atoms in total. The minimum absolute atomic E-state index is 0.0237. The third kappa shape index (κ3) is 2.50. The predicted molar refractivity (Wildman–Crippen MR) is 67.2 cm³/mol. The third-order valence-electron chi connectivity index (χ3n) is 3.31. The summed E-state index contributed by atoms with van der Waals surface area (Å²) in [6.45, 7) is 4.35. The average molecular weight is 254 g/mol. The number of thiazole rings is 1. The zero-order valence-electron chi connectivity index (χ0n) is 10.2. The highest BCUT2D eigenvalue weighted by Gasteiger charge is 2.31. The summed E-state index contributed by atoms with van der Waals surface area (Å²) < 4.78 is 0. The molecule has 2 atom stereocenters. The van der Waals surface area contributed by atoms with Gasteiger partial charge in [0.15, 0.2) is 0 Å². The van der Waals surface area contributed by atoms with Gasteiger partial charge in [-0.05, 0) is 33.1 Å². The highest BCUT2D eigenvalue weighted by molar-refractivity contribution is 7.11. The molecule has 1 amide bonds. The van der Waals surface area contributed by atoms with Gasteiger partial charge in [-0.2, -0.15) is 0 Å². The summed E-state index contributed by atoms with van der Waals surface area (Å²) in [6, 6.07) is -0.0437. The number of carbonyl (C=O) groups is 1. The van der Waals surface area contributed by atoms with Gasteiger partial charge in [-0.15, -0.1) is 11.3 Å². The SMILES string of the molecule is Cc1ncsc1C(=O)N1CCCCC1C(C)O. The number of nitrogens with zero attached hydrogens (tertiary/aromatic N) is 2. The van der Waals surface area contributed by atoms with Crippen molar-refractivity contribution in [2.24, 2.45) is 0 Å². The Morgan fingerprint density at radius 1 is 1.65 bits per heavy atom. The summed E-state index contributed by atoms with van der Waals surface area (Å²) in [5.41, 5.74) is 2.49. The van der Waals surface area contributed by atoms with E-state index < -0.39 is 6.10 Å². The van der Waals surface area contributed by atoms with Gasteiger partial charge in [-0.1, -0.05) is 0 Å². The van der Waals surface area contributed by atoms with Crippen LogP contribution in [0.2, 0.25) is 0 Å². The van der Waals surface area contributed by atoms with Crippen LogP contribution in [-0.2, 0) is 0 Å². The largest absolute Gasteiger partial charge is 0.391 e. The molecule has 1 aromatic heterocycles. The van der Waals surface area contributed by atoms with Gasteiger partial charge in [0.25, 0.3) is 5.91 Å². The van der Waals surface area contributed by atoms with E-state index in [1.807, 2.05) is 11.8 Å². The molecule has 94 valence electrons. The topological polar surface area (TPSA) is 53.4 Å². The van der Waals surface area contributed by atoms with E-state index in [0.717, 1.165) is 31.5 Å². The van der Waals surface area contributed by atoms with Crippen LogP contribution >= 0.6 is 11.3 Å². The summed E-state index contributed by atoms with van der Waals surface area (Å²) in [5, 5.41) is 9.76. The van der Waals surface area contributed by atoms with E-state index in [9.17, 15) is 9.90 Å². The zero-order valence-corrected chi connectivity index (χ0v) is 11.0. The smallest absolute Gasteiger partial charge is 0.266 e. The molecule has 2 unspecified atom stereocenters. The lowest BCUT2D eigenvalue weighted by Gasteiger charge is -2.37. The molecular formula is C12H18N2O2S. The fourth-order valence-corrected chi connectivity index (χ4v) is 3.11. The van der Waals surface area contributed by atoms with Crippen LogP contribution < -0.4 is 0 Å². The van der Waals surface area contributed by atoms with Gasteiger partial charge in [0.1, 0.15) is 4.88 Å². The summed E-state index contributed by atoms with van der Waals surface area (Å²) in [7, 11) is 0. The molecule has 1 aromatic rings. The first-order valence-corrected chi connectivity index (χ1v) is 6.88. The number of hydrogen-bond donors (Lipinski definition) is 1. The van der Waals surface area contributed by atoms with Crippen molar-refractivity contribution in [1.29, 1.82) is 0 Å². The molecule has 0 aliphatic carbocycles. The highest BCUT2D eigenvalue weighted by Crippen LogP contribution is 2.24. The molecule has 1 aliphatic heterocycles. The average Bonchev–Trinajstić information content (AvgIpc) is 2.74. The van der Waals surface area contributed by atoms with Crippen LogP contribution in [0, 0.1) is 6.92 Å². The van der Waals surface area contributed by atoms with Crippen molar-refractivity contribution in [3.63, 3.8) is 0 Å². The van der Waals surface area contributed by atoms with Crippen molar-refractivity contribution >= 4 is 17.2 Å². The van der Waals surface area contributed by atoms with E-state index in [1.165, 1.54) is 11.3 Å². The number of carbonyl (C=O) groups excluding carboxylic acids is 1. The van der Waals surface area contributed by atoms with E-state index in [0.29, 0.717) is 4.88 Å². The van der Waals surface area contributed by atoms with Gasteiger partial charge >= 0.3 is 0 Å². The minimum Gasteiger partial charge on any atom is -0.391 e. The standard InChI is InChI=1S/C12H18N2O2S/c1-8-11(17-7-13-8)12(16)14-6-4-3-5-10(14)9(2)15/h7,9-10,15H,3-6H2,1-2H3. The Labute approximate surface area is 105 Å². The Morgan fingerprint density at radius 3 is 3.00 bits per heavy atom. The van der Waals surface area contributed by atoms with E-state index in [-0.39, 0.29) is 11.9 Å². The molecule has 0 saturated carbocycles. The van der Waals surface area contributed by atoms with Gasteiger partial charge < -0.3 is 10.0 Å². The molecule has 0 radical (unpaired) electrons. The van der Waals surface area contributed by atoms with Crippen LogP contribution in [0.3, 0.4) is 0 Å². The lowest BCUT2D eigenvalue weighted by Crippen LogP contribution is -2.48. The number of aromatic nitrogens is 1. The fraction of sp³-hybridized carbons (Fsp3) is 0.667. The Hall–Kier alpha value is -0.940. The number of likely N-dealkylation sites (tertiary alicyclic amines) is 1. The van der Waals surface area contributed by atoms with Crippen molar-refractivity contribution in [2.75, 3.05) is 6.54 Å². The van der Waals surface area contributed by atoms with Crippen molar-refractivity contribution in [3.05, 3.63) is 16.1 Å². The Kier molecular flexibility index (Phi) is 3.79. The molecule has 17 heavy (non-hydrogen) atoms. The van der Waals surface area contributed by atoms with Crippen molar-refractivity contribution in [1.82, 2.24) is 9.88 Å². The van der Waals surface area contributed by atoms with Gasteiger partial charge in [-0.25, -0.2) is 4.98 Å². The summed E-state index contributed by atoms with van der Waals surface area (Å²) in [4.78, 5) is 19.0. The first-order chi connectivity index (χ1) is 8.11. The molecule has 5 heteroatoms. The second-order valence-corrected chi connectivity index (χ2v) is 5.42. The molecule has 0 aromatic carbocycles. The highest BCUT2D eigenvalue weighted by atomic mass is 32.1. The third-order valence-corrected chi connectivity index (χ3v) is 4.22. The normalized spacial score (nSPS) is 22.5. The molecule has 1 N–H and O–H groups in total. The lowest BCUT2D eigenvalue weighted by molar-refractivity contribution is 0.0284. The van der Waals surface area contributed by atoms with E-state index >= 15 is 0 Å². The van der Waals surface area contributed by atoms with Gasteiger partial charge in [0.05, 0.1) is 23.4 Å². The number of piperidine rings is 1. The quantitative estimate of drug-likeness (QED) is 0.876. The number of rotatable bonds is 2. The predicted octanol–water partition coefficient (Wildman–Crippen LogP) is 1.83. The molecule has 1 saturated heterocycles. The first-order valence-electron chi connectivity index (χ1n) is 6.00. The fourth-order valence-electron chi connectivity index (χ4n) is 2.35. The zero-order chi connectivity index (χ0) is 12.4. The Morgan fingerprint density at radius 2 is 2.41 bits per heavy atom. The summed E-state index contributed by atoms with van der Waals surface area (Å²) in [6.07, 6.45) is 2.53. The summed E-state index contributed by atoms with van der Waals surface area (Å²) in [5.74, 6) is 0.0237. The van der Waals surface area contributed by atoms with E-state index in [2.05, 4.69) is 4.98 Å². The molecule has 0 spiro atoms.